The molecule has 6 nitrogen and oxygen atoms in total. The lowest BCUT2D eigenvalue weighted by Gasteiger charge is -2.42. The fourth-order valence-corrected chi connectivity index (χ4v) is 12.4. The van der Waals surface area contributed by atoms with Crippen LogP contribution in [0.1, 0.15) is 47.2 Å². The van der Waals surface area contributed by atoms with E-state index < -0.39 is 5.41 Å². The highest BCUT2D eigenvalue weighted by atomic mass is 16.4. The molecule has 2 aliphatic rings. The number of benzene rings is 11. The Hall–Kier alpha value is -9.78. The summed E-state index contributed by atoms with van der Waals surface area (Å²) in [5, 5.41) is 2.33. The van der Waals surface area contributed by atoms with Gasteiger partial charge in [0.2, 0.25) is 11.8 Å². The van der Waals surface area contributed by atoms with Crippen molar-refractivity contribution in [3.63, 3.8) is 0 Å². The average molecular weight is 977 g/mol. The topological polar surface area (TPSA) is 58.5 Å². The van der Waals surface area contributed by atoms with Crippen LogP contribution in [0.25, 0.3) is 67.0 Å². The van der Waals surface area contributed by atoms with Gasteiger partial charge in [-0.1, -0.05) is 166 Å². The molecule has 2 aromatic heterocycles. The molecule has 0 fully saturated rings. The van der Waals surface area contributed by atoms with E-state index in [-0.39, 0.29) is 5.41 Å². The van der Waals surface area contributed by atoms with Gasteiger partial charge in [0.1, 0.15) is 11.0 Å². The number of hydrogen-bond acceptors (Lipinski definition) is 6. The normalized spacial score (nSPS) is 13.8. The van der Waals surface area contributed by atoms with E-state index in [0.717, 1.165) is 72.8 Å². The van der Waals surface area contributed by atoms with Gasteiger partial charge in [-0.15, -0.1) is 0 Å². The first-order valence-corrected chi connectivity index (χ1v) is 26.0. The van der Waals surface area contributed by atoms with Crippen LogP contribution in [0.5, 0.6) is 0 Å². The van der Waals surface area contributed by atoms with Crippen LogP contribution in [0.2, 0.25) is 0 Å². The number of fused-ring (bicyclic) bond motifs is 8. The van der Waals surface area contributed by atoms with Crippen molar-refractivity contribution in [1.29, 1.82) is 0 Å². The van der Waals surface area contributed by atoms with E-state index in [2.05, 4.69) is 230 Å². The molecule has 13 aromatic rings. The summed E-state index contributed by atoms with van der Waals surface area (Å²) in [4.78, 5) is 14.7. The first-order valence-electron chi connectivity index (χ1n) is 26.0. The van der Waals surface area contributed by atoms with Gasteiger partial charge in [0.05, 0.1) is 22.5 Å². The van der Waals surface area contributed by atoms with E-state index in [1.165, 1.54) is 49.9 Å². The maximum Gasteiger partial charge on any atom is 0.227 e. The van der Waals surface area contributed by atoms with Crippen molar-refractivity contribution in [3.05, 3.63) is 288 Å². The highest BCUT2D eigenvalue weighted by Crippen LogP contribution is 2.60. The fraction of sp³-hybridized carbons (Fsp3) is 0.0571. The highest BCUT2D eigenvalue weighted by Gasteiger charge is 2.47. The summed E-state index contributed by atoms with van der Waals surface area (Å²) < 4.78 is 12.6. The predicted octanol–water partition coefficient (Wildman–Crippen LogP) is 18.4. The monoisotopic (exact) mass is 976 g/mol. The van der Waals surface area contributed by atoms with Gasteiger partial charge in [0.25, 0.3) is 0 Å². The first-order chi connectivity index (χ1) is 37.4. The van der Waals surface area contributed by atoms with Crippen LogP contribution >= 0.6 is 0 Å². The first kappa shape index (κ1) is 43.8. The van der Waals surface area contributed by atoms with E-state index in [1.54, 1.807) is 0 Å². The molecule has 0 bridgehead atoms. The van der Waals surface area contributed by atoms with E-state index in [1.807, 2.05) is 48.5 Å². The second-order valence-electron chi connectivity index (χ2n) is 20.5. The molecular weight excluding hydrogens is 929 g/mol. The van der Waals surface area contributed by atoms with Gasteiger partial charge in [-0.25, -0.2) is 9.97 Å². The van der Waals surface area contributed by atoms with Crippen molar-refractivity contribution in [2.24, 2.45) is 0 Å². The van der Waals surface area contributed by atoms with E-state index in [0.29, 0.717) is 11.8 Å². The molecule has 0 saturated carbocycles. The van der Waals surface area contributed by atoms with E-state index in [4.69, 9.17) is 18.8 Å². The molecule has 11 aromatic carbocycles. The van der Waals surface area contributed by atoms with E-state index >= 15 is 0 Å². The van der Waals surface area contributed by atoms with Crippen LogP contribution in [0.3, 0.4) is 0 Å². The Balaban J connectivity index is 0.935. The third-order valence-electron chi connectivity index (χ3n) is 16.0. The predicted molar refractivity (Wildman–Crippen MR) is 309 cm³/mol. The highest BCUT2D eigenvalue weighted by molar-refractivity contribution is 6.00. The smallest absolute Gasteiger partial charge is 0.227 e. The van der Waals surface area contributed by atoms with Crippen molar-refractivity contribution >= 4 is 67.1 Å². The minimum absolute atomic E-state index is 0.327. The number of rotatable bonds is 8. The third-order valence-corrected chi connectivity index (χ3v) is 16.0. The van der Waals surface area contributed by atoms with Crippen LogP contribution in [-0.4, -0.2) is 9.97 Å². The lowest BCUT2D eigenvalue weighted by molar-refractivity contribution is 0.615. The second kappa shape index (κ2) is 16.9. The summed E-state index contributed by atoms with van der Waals surface area (Å²) in [6, 6.07) is 91.8. The second-order valence-corrected chi connectivity index (χ2v) is 20.5. The van der Waals surface area contributed by atoms with E-state index in [9.17, 15) is 0 Å². The maximum atomic E-state index is 6.37. The van der Waals surface area contributed by atoms with Crippen molar-refractivity contribution < 1.29 is 8.83 Å². The Morgan fingerprint density at radius 1 is 0.408 bits per heavy atom. The maximum absolute atomic E-state index is 6.37. The zero-order valence-electron chi connectivity index (χ0n) is 41.9. The lowest BCUT2D eigenvalue weighted by atomic mass is 9.67. The molecule has 76 heavy (non-hydrogen) atoms. The molecular formula is C70H48N4O2. The number of hydrogen-bond donors (Lipinski definition) is 0. The largest absolute Gasteiger partial charge is 0.436 e. The summed E-state index contributed by atoms with van der Waals surface area (Å²) in [5.41, 5.74) is 20.2. The van der Waals surface area contributed by atoms with Gasteiger partial charge in [-0.05, 0) is 153 Å². The summed E-state index contributed by atoms with van der Waals surface area (Å²) in [7, 11) is 0. The molecule has 6 heteroatoms. The fourth-order valence-electron chi connectivity index (χ4n) is 12.4. The quantitative estimate of drug-likeness (QED) is 0.151. The summed E-state index contributed by atoms with van der Waals surface area (Å²) >= 11 is 0. The van der Waals surface area contributed by atoms with Gasteiger partial charge in [0.15, 0.2) is 11.2 Å². The van der Waals surface area contributed by atoms with Crippen molar-refractivity contribution in [3.8, 4) is 34.0 Å². The van der Waals surface area contributed by atoms with Gasteiger partial charge in [-0.3, -0.25) is 0 Å². The Labute approximate surface area is 440 Å². The molecule has 0 unspecified atom stereocenters. The Morgan fingerprint density at radius 3 is 1.67 bits per heavy atom. The molecule has 1 aliphatic carbocycles. The van der Waals surface area contributed by atoms with Crippen LogP contribution in [0.15, 0.2) is 264 Å². The summed E-state index contributed by atoms with van der Waals surface area (Å²) in [6.07, 6.45) is 0. The van der Waals surface area contributed by atoms with Gasteiger partial charge in [-0.2, -0.15) is 0 Å². The van der Waals surface area contributed by atoms with Crippen molar-refractivity contribution in [2.75, 3.05) is 9.80 Å². The molecule has 0 N–H and O–H groups in total. The Bertz CT molecular complexity index is 4290. The van der Waals surface area contributed by atoms with Crippen LogP contribution in [0, 0.1) is 0 Å². The third kappa shape index (κ3) is 6.60. The molecule has 0 atom stereocenters. The van der Waals surface area contributed by atoms with Crippen LogP contribution in [-0.2, 0) is 10.8 Å². The van der Waals surface area contributed by atoms with Gasteiger partial charge in [0, 0.05) is 39.0 Å². The lowest BCUT2D eigenvalue weighted by Crippen LogP contribution is -2.31. The molecule has 0 radical (unpaired) electrons. The summed E-state index contributed by atoms with van der Waals surface area (Å²) in [6.45, 7) is 4.66. The van der Waals surface area contributed by atoms with Crippen LogP contribution < -0.4 is 9.80 Å². The zero-order valence-corrected chi connectivity index (χ0v) is 41.9. The molecule has 360 valence electrons. The molecule has 3 heterocycles. The number of anilines is 6. The molecule has 0 amide bonds. The van der Waals surface area contributed by atoms with Crippen molar-refractivity contribution in [1.82, 2.24) is 9.97 Å². The van der Waals surface area contributed by atoms with Crippen molar-refractivity contribution in [2.45, 2.75) is 24.7 Å². The standard InChI is InChI=1S/C70H48N4O2/c1-69(2)56-25-11-14-28-63(56)74(64-41-34-47(42-59(64)69)68-72-61-27-13-16-31-66(61)76-68)52-38-40-55-54-39-37-51(43-57(54)70(58(55)44-52,48-20-5-3-6-21-48)49-22-7-4-8-23-49)73(62-29-17-19-45-18-9-10-24-53(45)62)50-35-32-46(33-36-50)67-71-60-26-12-15-30-65(60)75-67/h3-44H,1-2H3. The minimum atomic E-state index is -0.714. The Morgan fingerprint density at radius 2 is 0.961 bits per heavy atom. The summed E-state index contributed by atoms with van der Waals surface area (Å²) in [5.74, 6) is 1.21. The Kier molecular flexibility index (Phi) is 9.72. The van der Waals surface area contributed by atoms with Crippen LogP contribution in [0.4, 0.5) is 34.1 Å². The van der Waals surface area contributed by atoms with Gasteiger partial charge < -0.3 is 18.6 Å². The number of aromatic nitrogens is 2. The molecule has 0 spiro atoms. The molecule has 1 aliphatic heterocycles. The number of nitrogens with zero attached hydrogens (tertiary/aromatic N) is 4. The van der Waals surface area contributed by atoms with Gasteiger partial charge >= 0.3 is 0 Å². The molecule has 15 rings (SSSR count). The number of para-hydroxylation sites is 5. The molecule has 0 saturated heterocycles. The minimum Gasteiger partial charge on any atom is -0.436 e. The number of oxazole rings is 2. The zero-order chi connectivity index (χ0) is 50.5. The average Bonchev–Trinajstić information content (AvgIpc) is 4.37. The SMILES string of the molecule is CC1(C)c2ccccc2N(c2ccc3c(c2)C(c2ccccc2)(c2ccccc2)c2cc(N(c4ccc(-c5nc6ccccc6o5)cc4)c4cccc5ccccc45)ccc2-3)c2ccc(-c3nc4ccccc4o3)cc21.